The van der Waals surface area contributed by atoms with Crippen LogP contribution in [-0.4, -0.2) is 23.4 Å². The summed E-state index contributed by atoms with van der Waals surface area (Å²) in [5.41, 5.74) is 6.56. The quantitative estimate of drug-likeness (QED) is 0.643. The molecule has 2 aromatic carbocycles. The molecule has 1 aliphatic heterocycles. The summed E-state index contributed by atoms with van der Waals surface area (Å²) in [5, 5.41) is 7.83. The molecule has 3 N–H and O–H groups in total. The van der Waals surface area contributed by atoms with E-state index >= 15 is 0 Å². The van der Waals surface area contributed by atoms with Crippen LogP contribution in [0.4, 0.5) is 11.4 Å². The van der Waals surface area contributed by atoms with E-state index in [-0.39, 0.29) is 5.84 Å². The summed E-state index contributed by atoms with van der Waals surface area (Å²) in [6, 6.07) is 14.7. The third-order valence-corrected chi connectivity index (χ3v) is 3.81. The predicted molar refractivity (Wildman–Crippen MR) is 94.1 cm³/mol. The van der Waals surface area contributed by atoms with Crippen LogP contribution in [0.25, 0.3) is 0 Å². The van der Waals surface area contributed by atoms with Crippen molar-refractivity contribution in [2.75, 3.05) is 10.3 Å². The zero-order chi connectivity index (χ0) is 18.0. The third-order valence-electron chi connectivity index (χ3n) is 3.56. The van der Waals surface area contributed by atoms with Crippen molar-refractivity contribution >= 4 is 46.4 Å². The second kappa shape index (κ2) is 6.74. The molecule has 0 saturated carbocycles. The van der Waals surface area contributed by atoms with Crippen molar-refractivity contribution in [3.8, 4) is 0 Å². The fourth-order valence-corrected chi connectivity index (χ4v) is 2.45. The molecule has 1 unspecified atom stereocenters. The summed E-state index contributed by atoms with van der Waals surface area (Å²) < 4.78 is 0. The van der Waals surface area contributed by atoms with Crippen molar-refractivity contribution in [1.82, 2.24) is 0 Å². The van der Waals surface area contributed by atoms with Gasteiger partial charge in [0.15, 0.2) is 5.92 Å². The zero-order valence-corrected chi connectivity index (χ0v) is 13.6. The Kier molecular flexibility index (Phi) is 4.49. The Hall–Kier alpha value is -3.19. The average Bonchev–Trinajstić information content (AvgIpc) is 2.91. The molecule has 2 amide bonds. The molecule has 0 aliphatic carbocycles. The number of halogens is 1. The molecule has 25 heavy (non-hydrogen) atoms. The number of amidine groups is 1. The van der Waals surface area contributed by atoms with Crippen molar-refractivity contribution in [3.05, 3.63) is 59.6 Å². The maximum Gasteiger partial charge on any atom is 0.293 e. The monoisotopic (exact) mass is 356 g/mol. The number of nitrogens with one attached hydrogen (secondary N) is 1. The van der Waals surface area contributed by atoms with E-state index in [1.807, 2.05) is 0 Å². The van der Waals surface area contributed by atoms with E-state index in [0.717, 1.165) is 5.01 Å². The Morgan fingerprint density at radius 2 is 1.72 bits per heavy atom. The maximum absolute atomic E-state index is 12.5. The number of nitrogens with two attached hydrogens (primary N) is 1. The molecule has 1 heterocycles. The SMILES string of the molecule is NC1=NN(c2ccccc2)C(=O)C1C(=O)C(=O)Nc1ccc(Cl)cc1. The van der Waals surface area contributed by atoms with Gasteiger partial charge in [0.2, 0.25) is 5.78 Å². The highest BCUT2D eigenvalue weighted by Crippen LogP contribution is 2.23. The summed E-state index contributed by atoms with van der Waals surface area (Å²) >= 11 is 5.76. The summed E-state index contributed by atoms with van der Waals surface area (Å²) in [4.78, 5) is 37.0. The van der Waals surface area contributed by atoms with Gasteiger partial charge in [-0.3, -0.25) is 14.4 Å². The normalized spacial score (nSPS) is 16.5. The fourth-order valence-electron chi connectivity index (χ4n) is 2.33. The minimum absolute atomic E-state index is 0.217. The van der Waals surface area contributed by atoms with Crippen LogP contribution in [0.5, 0.6) is 0 Å². The topological polar surface area (TPSA) is 105 Å². The first-order valence-corrected chi connectivity index (χ1v) is 7.69. The number of ketones is 1. The summed E-state index contributed by atoms with van der Waals surface area (Å²) in [7, 11) is 0. The maximum atomic E-state index is 12.5. The van der Waals surface area contributed by atoms with Crippen LogP contribution in [0.3, 0.4) is 0 Å². The highest BCUT2D eigenvalue weighted by atomic mass is 35.5. The lowest BCUT2D eigenvalue weighted by Gasteiger charge is -2.13. The van der Waals surface area contributed by atoms with Gasteiger partial charge >= 0.3 is 0 Å². The van der Waals surface area contributed by atoms with Gasteiger partial charge in [-0.25, -0.2) is 0 Å². The Morgan fingerprint density at radius 3 is 2.36 bits per heavy atom. The molecule has 126 valence electrons. The van der Waals surface area contributed by atoms with E-state index in [1.165, 1.54) is 12.1 Å². The van der Waals surface area contributed by atoms with E-state index in [0.29, 0.717) is 16.4 Å². The van der Waals surface area contributed by atoms with Crippen molar-refractivity contribution in [2.45, 2.75) is 0 Å². The van der Waals surface area contributed by atoms with Gasteiger partial charge < -0.3 is 11.1 Å². The summed E-state index contributed by atoms with van der Waals surface area (Å²) in [5.74, 6) is -4.24. The third kappa shape index (κ3) is 3.36. The number of hydrogen-bond acceptors (Lipinski definition) is 5. The zero-order valence-electron chi connectivity index (χ0n) is 12.8. The fraction of sp³-hybridized carbons (Fsp3) is 0.0588. The lowest BCUT2D eigenvalue weighted by molar-refractivity contribution is -0.138. The first kappa shape index (κ1) is 16.7. The second-order valence-electron chi connectivity index (χ2n) is 5.27. The first-order chi connectivity index (χ1) is 12.0. The van der Waals surface area contributed by atoms with Gasteiger partial charge in [-0.15, -0.1) is 0 Å². The van der Waals surface area contributed by atoms with Gasteiger partial charge in [-0.2, -0.15) is 10.1 Å². The number of rotatable bonds is 4. The molecule has 3 rings (SSSR count). The van der Waals surface area contributed by atoms with Crippen LogP contribution in [-0.2, 0) is 14.4 Å². The minimum atomic E-state index is -1.44. The molecule has 8 heteroatoms. The molecule has 7 nitrogen and oxygen atoms in total. The smallest absolute Gasteiger partial charge is 0.293 e. The van der Waals surface area contributed by atoms with Crippen molar-refractivity contribution in [3.63, 3.8) is 0 Å². The van der Waals surface area contributed by atoms with Crippen LogP contribution >= 0.6 is 11.6 Å². The van der Waals surface area contributed by atoms with Gasteiger partial charge in [0.25, 0.3) is 11.8 Å². The van der Waals surface area contributed by atoms with Gasteiger partial charge in [0, 0.05) is 10.7 Å². The molecule has 0 fully saturated rings. The summed E-state index contributed by atoms with van der Waals surface area (Å²) in [6.07, 6.45) is 0. The van der Waals surface area contributed by atoms with Crippen molar-refractivity contribution in [1.29, 1.82) is 0 Å². The van der Waals surface area contributed by atoms with Crippen LogP contribution in [0, 0.1) is 5.92 Å². The van der Waals surface area contributed by atoms with E-state index in [2.05, 4.69) is 10.4 Å². The molecule has 0 bridgehead atoms. The van der Waals surface area contributed by atoms with Crippen LogP contribution in [0.1, 0.15) is 0 Å². The highest BCUT2D eigenvalue weighted by Gasteiger charge is 2.43. The van der Waals surface area contributed by atoms with E-state index in [9.17, 15) is 14.4 Å². The number of Topliss-reactive ketones (excluding diaryl/α,β-unsaturated/α-hetero) is 1. The Morgan fingerprint density at radius 1 is 1.08 bits per heavy atom. The molecule has 0 radical (unpaired) electrons. The lowest BCUT2D eigenvalue weighted by atomic mass is 10.0. The lowest BCUT2D eigenvalue weighted by Crippen LogP contribution is -2.41. The number of benzene rings is 2. The Labute approximate surface area is 148 Å². The van der Waals surface area contributed by atoms with Crippen molar-refractivity contribution in [2.24, 2.45) is 16.8 Å². The number of nitrogens with zero attached hydrogens (tertiary/aromatic N) is 2. The number of para-hydroxylation sites is 1. The molecule has 0 aromatic heterocycles. The number of anilines is 2. The van der Waals surface area contributed by atoms with Gasteiger partial charge in [-0.05, 0) is 36.4 Å². The number of hydrazone groups is 1. The molecule has 2 aromatic rings. The summed E-state index contributed by atoms with van der Waals surface area (Å²) in [6.45, 7) is 0. The number of carbonyl (C=O) groups excluding carboxylic acids is 3. The average molecular weight is 357 g/mol. The second-order valence-corrected chi connectivity index (χ2v) is 5.71. The first-order valence-electron chi connectivity index (χ1n) is 7.31. The Balaban J connectivity index is 1.76. The molecule has 1 aliphatic rings. The van der Waals surface area contributed by atoms with E-state index < -0.39 is 23.5 Å². The molecular weight excluding hydrogens is 344 g/mol. The number of hydrogen-bond donors (Lipinski definition) is 2. The van der Waals surface area contributed by atoms with Crippen LogP contribution in [0.15, 0.2) is 59.7 Å². The molecule has 0 saturated heterocycles. The largest absolute Gasteiger partial charge is 0.385 e. The van der Waals surface area contributed by atoms with Gasteiger partial charge in [0.05, 0.1) is 5.69 Å². The van der Waals surface area contributed by atoms with Gasteiger partial charge in [0.1, 0.15) is 5.84 Å². The molecule has 1 atom stereocenters. The Bertz CT molecular complexity index is 865. The number of carbonyl (C=O) groups is 3. The van der Waals surface area contributed by atoms with Crippen molar-refractivity contribution < 1.29 is 14.4 Å². The standard InChI is InChI=1S/C17H13ClN4O3/c18-10-6-8-11(9-7-10)20-16(24)14(23)13-15(19)21-22(17(13)25)12-4-2-1-3-5-12/h1-9,13H,(H2,19,21)(H,20,24). The van der Waals surface area contributed by atoms with Crippen LogP contribution < -0.4 is 16.1 Å². The van der Waals surface area contributed by atoms with E-state index in [4.69, 9.17) is 17.3 Å². The predicted octanol–water partition coefficient (Wildman–Crippen LogP) is 1.78. The number of amides is 2. The highest BCUT2D eigenvalue weighted by molar-refractivity contribution is 6.50. The van der Waals surface area contributed by atoms with E-state index in [1.54, 1.807) is 42.5 Å². The molecule has 0 spiro atoms. The van der Waals surface area contributed by atoms with Crippen LogP contribution in [0.2, 0.25) is 5.02 Å². The van der Waals surface area contributed by atoms with Gasteiger partial charge in [-0.1, -0.05) is 29.8 Å². The molecular formula is C17H13ClN4O3. The minimum Gasteiger partial charge on any atom is -0.385 e.